The van der Waals surface area contributed by atoms with Gasteiger partial charge in [0.1, 0.15) is 19.0 Å². The Labute approximate surface area is 147 Å². The average molecular weight is 363 g/mol. The van der Waals surface area contributed by atoms with Gasteiger partial charge in [-0.05, 0) is 42.7 Å². The minimum Gasteiger partial charge on any atom is -0.497 e. The molecule has 0 unspecified atom stereocenters. The van der Waals surface area contributed by atoms with Gasteiger partial charge >= 0.3 is 0 Å². The molecule has 0 amide bonds. The highest BCUT2D eigenvalue weighted by Gasteiger charge is 2.18. The smallest absolute Gasteiger partial charge is 0.240 e. The number of rotatable bonds is 7. The predicted molar refractivity (Wildman–Crippen MR) is 93.9 cm³/mol. The Hall–Kier alpha value is -2.25. The third-order valence-corrected chi connectivity index (χ3v) is 5.38. The number of fused-ring (bicyclic) bond motifs is 1. The first kappa shape index (κ1) is 17.6. The van der Waals surface area contributed by atoms with E-state index in [-0.39, 0.29) is 4.90 Å². The fourth-order valence-electron chi connectivity index (χ4n) is 2.57. The third-order valence-electron chi connectivity index (χ3n) is 3.92. The van der Waals surface area contributed by atoms with Crippen LogP contribution in [0, 0.1) is 0 Å². The molecule has 0 aliphatic carbocycles. The molecular weight excluding hydrogens is 342 g/mol. The van der Waals surface area contributed by atoms with Crippen LogP contribution in [0.5, 0.6) is 17.2 Å². The van der Waals surface area contributed by atoms with E-state index >= 15 is 0 Å². The first-order chi connectivity index (χ1) is 12.1. The Morgan fingerprint density at radius 3 is 2.48 bits per heavy atom. The van der Waals surface area contributed by atoms with E-state index in [0.717, 1.165) is 17.7 Å². The molecule has 6 nitrogen and oxygen atoms in total. The van der Waals surface area contributed by atoms with Gasteiger partial charge in [0.2, 0.25) is 10.0 Å². The maximum Gasteiger partial charge on any atom is 0.240 e. The minimum atomic E-state index is -3.56. The minimum absolute atomic E-state index is 0.182. The summed E-state index contributed by atoms with van der Waals surface area (Å²) in [6.07, 6.45) is 1.49. The van der Waals surface area contributed by atoms with E-state index in [1.54, 1.807) is 13.2 Å². The van der Waals surface area contributed by atoms with Gasteiger partial charge in [-0.3, -0.25) is 0 Å². The number of ether oxygens (including phenoxy) is 3. The van der Waals surface area contributed by atoms with Crippen LogP contribution >= 0.6 is 0 Å². The number of benzene rings is 2. The molecule has 0 radical (unpaired) electrons. The van der Waals surface area contributed by atoms with Crippen molar-refractivity contribution in [2.24, 2.45) is 0 Å². The molecule has 0 fully saturated rings. The van der Waals surface area contributed by atoms with Crippen LogP contribution in [-0.2, 0) is 16.4 Å². The van der Waals surface area contributed by atoms with Crippen LogP contribution in [0.25, 0.3) is 0 Å². The quantitative estimate of drug-likeness (QED) is 0.765. The normalized spacial score (nSPS) is 13.5. The number of aryl methyl sites for hydroxylation is 1. The molecule has 0 saturated heterocycles. The summed E-state index contributed by atoms with van der Waals surface area (Å²) in [5.74, 6) is 1.85. The van der Waals surface area contributed by atoms with Crippen LogP contribution in [0.4, 0.5) is 0 Å². The highest BCUT2D eigenvalue weighted by molar-refractivity contribution is 7.89. The van der Waals surface area contributed by atoms with Gasteiger partial charge in [0.25, 0.3) is 0 Å². The van der Waals surface area contributed by atoms with Crippen LogP contribution in [0.2, 0.25) is 0 Å². The summed E-state index contributed by atoms with van der Waals surface area (Å²) in [5.41, 5.74) is 1.14. The summed E-state index contributed by atoms with van der Waals surface area (Å²) in [6.45, 7) is 1.26. The maximum absolute atomic E-state index is 12.4. The Morgan fingerprint density at radius 1 is 1.04 bits per heavy atom. The fourth-order valence-corrected chi connectivity index (χ4v) is 3.65. The Kier molecular flexibility index (Phi) is 5.45. The molecule has 1 aliphatic heterocycles. The summed E-state index contributed by atoms with van der Waals surface area (Å²) in [7, 11) is -1.94. The Balaban J connectivity index is 1.54. The summed E-state index contributed by atoms with van der Waals surface area (Å²) in [4.78, 5) is 0.182. The summed E-state index contributed by atoms with van der Waals surface area (Å²) in [6, 6.07) is 12.4. The summed E-state index contributed by atoms with van der Waals surface area (Å²) < 4.78 is 43.4. The second-order valence-electron chi connectivity index (χ2n) is 5.65. The van der Waals surface area contributed by atoms with Gasteiger partial charge in [0, 0.05) is 12.6 Å². The Bertz CT molecular complexity index is 818. The van der Waals surface area contributed by atoms with Crippen molar-refractivity contribution in [3.05, 3.63) is 48.0 Å². The predicted octanol–water partition coefficient (Wildman–Crippen LogP) is 2.38. The standard InChI is InChI=1S/C18H21NO5S/c1-22-15-6-4-14(5-7-15)3-2-10-19-25(20,21)16-8-9-17-18(13-16)24-12-11-23-17/h4-9,13,19H,2-3,10-12H2,1H3. The third kappa shape index (κ3) is 4.43. The molecule has 2 aromatic carbocycles. The van der Waals surface area contributed by atoms with Crippen LogP contribution in [0.3, 0.4) is 0 Å². The van der Waals surface area contributed by atoms with Crippen molar-refractivity contribution in [1.29, 1.82) is 0 Å². The molecule has 25 heavy (non-hydrogen) atoms. The molecule has 0 spiro atoms. The zero-order chi connectivity index (χ0) is 17.7. The van der Waals surface area contributed by atoms with Crippen molar-refractivity contribution in [1.82, 2.24) is 4.72 Å². The topological polar surface area (TPSA) is 73.9 Å². The lowest BCUT2D eigenvalue weighted by Gasteiger charge is -2.18. The first-order valence-corrected chi connectivity index (χ1v) is 9.59. The van der Waals surface area contributed by atoms with Crippen molar-refractivity contribution in [3.8, 4) is 17.2 Å². The van der Waals surface area contributed by atoms with Gasteiger partial charge in [0.05, 0.1) is 12.0 Å². The van der Waals surface area contributed by atoms with Crippen LogP contribution in [0.15, 0.2) is 47.4 Å². The molecular formula is C18H21NO5S. The lowest BCUT2D eigenvalue weighted by molar-refractivity contribution is 0.171. The molecule has 1 N–H and O–H groups in total. The molecule has 0 bridgehead atoms. The fraction of sp³-hybridized carbons (Fsp3) is 0.333. The van der Waals surface area contributed by atoms with E-state index in [1.807, 2.05) is 24.3 Å². The maximum atomic E-state index is 12.4. The molecule has 7 heteroatoms. The number of methoxy groups -OCH3 is 1. The number of sulfonamides is 1. The molecule has 0 atom stereocenters. The summed E-state index contributed by atoms with van der Waals surface area (Å²) >= 11 is 0. The van der Waals surface area contributed by atoms with E-state index in [9.17, 15) is 8.42 Å². The largest absolute Gasteiger partial charge is 0.497 e. The SMILES string of the molecule is COc1ccc(CCCNS(=O)(=O)c2ccc3c(c2)OCCO3)cc1. The molecule has 3 rings (SSSR count). The van der Waals surface area contributed by atoms with Gasteiger partial charge in [-0.15, -0.1) is 0 Å². The molecule has 134 valence electrons. The number of hydrogen-bond donors (Lipinski definition) is 1. The second kappa shape index (κ2) is 7.76. The average Bonchev–Trinajstić information content (AvgIpc) is 2.65. The lowest BCUT2D eigenvalue weighted by Crippen LogP contribution is -2.25. The van der Waals surface area contributed by atoms with E-state index < -0.39 is 10.0 Å². The lowest BCUT2D eigenvalue weighted by atomic mass is 10.1. The van der Waals surface area contributed by atoms with Crippen LogP contribution in [-0.4, -0.2) is 35.3 Å². The summed E-state index contributed by atoms with van der Waals surface area (Å²) in [5, 5.41) is 0. The van der Waals surface area contributed by atoms with E-state index in [0.29, 0.717) is 37.7 Å². The second-order valence-corrected chi connectivity index (χ2v) is 7.42. The number of hydrogen-bond acceptors (Lipinski definition) is 5. The van der Waals surface area contributed by atoms with Gasteiger partial charge in [0.15, 0.2) is 11.5 Å². The Morgan fingerprint density at radius 2 is 1.76 bits per heavy atom. The van der Waals surface area contributed by atoms with Crippen LogP contribution < -0.4 is 18.9 Å². The molecule has 0 aromatic heterocycles. The zero-order valence-electron chi connectivity index (χ0n) is 14.0. The highest BCUT2D eigenvalue weighted by Crippen LogP contribution is 2.32. The zero-order valence-corrected chi connectivity index (χ0v) is 14.8. The monoisotopic (exact) mass is 363 g/mol. The first-order valence-electron chi connectivity index (χ1n) is 8.11. The number of nitrogens with one attached hydrogen (secondary N) is 1. The van der Waals surface area contributed by atoms with E-state index in [2.05, 4.69) is 4.72 Å². The van der Waals surface area contributed by atoms with Crippen molar-refractivity contribution >= 4 is 10.0 Å². The van der Waals surface area contributed by atoms with Crippen molar-refractivity contribution in [3.63, 3.8) is 0 Å². The molecule has 0 saturated carbocycles. The van der Waals surface area contributed by atoms with Gasteiger partial charge in [-0.1, -0.05) is 12.1 Å². The van der Waals surface area contributed by atoms with E-state index in [1.165, 1.54) is 12.1 Å². The van der Waals surface area contributed by atoms with Gasteiger partial charge in [-0.25, -0.2) is 13.1 Å². The molecule has 1 heterocycles. The van der Waals surface area contributed by atoms with Crippen molar-refractivity contribution in [2.75, 3.05) is 26.9 Å². The van der Waals surface area contributed by atoms with Crippen molar-refractivity contribution < 1.29 is 22.6 Å². The van der Waals surface area contributed by atoms with Gasteiger partial charge in [-0.2, -0.15) is 0 Å². The van der Waals surface area contributed by atoms with Crippen molar-refractivity contribution in [2.45, 2.75) is 17.7 Å². The van der Waals surface area contributed by atoms with Crippen LogP contribution in [0.1, 0.15) is 12.0 Å². The highest BCUT2D eigenvalue weighted by atomic mass is 32.2. The van der Waals surface area contributed by atoms with E-state index in [4.69, 9.17) is 14.2 Å². The molecule has 2 aromatic rings. The van der Waals surface area contributed by atoms with Gasteiger partial charge < -0.3 is 14.2 Å². The molecule has 1 aliphatic rings.